The Bertz CT molecular complexity index is 875. The molecule has 3 rings (SSSR count). The van der Waals surface area contributed by atoms with Gasteiger partial charge < -0.3 is 25.6 Å². The predicted octanol–water partition coefficient (Wildman–Crippen LogP) is 2.91. The first kappa shape index (κ1) is 25.4. The number of carbonyl (C=O) groups is 2. The predicted molar refractivity (Wildman–Crippen MR) is 127 cm³/mol. The lowest BCUT2D eigenvalue weighted by Crippen LogP contribution is -2.41. The Morgan fingerprint density at radius 1 is 1.18 bits per heavy atom. The first-order chi connectivity index (χ1) is 16.1. The van der Waals surface area contributed by atoms with Gasteiger partial charge in [-0.1, -0.05) is 0 Å². The Morgan fingerprint density at radius 3 is 2.47 bits per heavy atom. The summed E-state index contributed by atoms with van der Waals surface area (Å²) in [6.07, 6.45) is 6.10. The number of hydrogen-bond donors (Lipinski definition) is 3. The summed E-state index contributed by atoms with van der Waals surface area (Å²) < 4.78 is 5.31. The number of carbonyl (C=O) groups excluding carboxylic acids is 2. The van der Waals surface area contributed by atoms with Gasteiger partial charge in [0, 0.05) is 25.7 Å². The van der Waals surface area contributed by atoms with Crippen LogP contribution in [0.25, 0.3) is 0 Å². The second kappa shape index (κ2) is 11.3. The second-order valence-corrected chi connectivity index (χ2v) is 9.87. The molecule has 0 aromatic carbocycles. The smallest absolute Gasteiger partial charge is 0.407 e. The lowest BCUT2D eigenvalue weighted by atomic mass is 9.86. The van der Waals surface area contributed by atoms with Crippen molar-refractivity contribution >= 4 is 29.5 Å². The molecule has 0 unspecified atom stereocenters. The van der Waals surface area contributed by atoms with Crippen molar-refractivity contribution in [1.82, 2.24) is 20.2 Å². The lowest BCUT2D eigenvalue weighted by Gasteiger charge is -2.30. The number of hydrogen-bond acceptors (Lipinski definition) is 9. The van der Waals surface area contributed by atoms with Crippen LogP contribution in [0.4, 0.5) is 22.2 Å². The van der Waals surface area contributed by atoms with Crippen molar-refractivity contribution < 1.29 is 19.2 Å². The second-order valence-electron chi connectivity index (χ2n) is 9.87. The van der Waals surface area contributed by atoms with E-state index in [9.17, 15) is 19.7 Å². The Balaban J connectivity index is 1.49. The van der Waals surface area contributed by atoms with E-state index in [2.05, 4.69) is 25.9 Å². The highest BCUT2D eigenvalue weighted by Gasteiger charge is 2.26. The lowest BCUT2D eigenvalue weighted by molar-refractivity contribution is -0.384. The van der Waals surface area contributed by atoms with Gasteiger partial charge >= 0.3 is 11.8 Å². The van der Waals surface area contributed by atoms with Gasteiger partial charge in [-0.25, -0.2) is 9.78 Å². The van der Waals surface area contributed by atoms with Crippen molar-refractivity contribution in [3.63, 3.8) is 0 Å². The number of anilines is 2. The molecule has 1 aromatic rings. The molecule has 0 spiro atoms. The van der Waals surface area contributed by atoms with E-state index in [0.717, 1.165) is 57.8 Å². The average molecular weight is 478 g/mol. The summed E-state index contributed by atoms with van der Waals surface area (Å²) in [5.41, 5.74) is -0.746. The molecule has 1 aliphatic carbocycles. The summed E-state index contributed by atoms with van der Waals surface area (Å²) in [7, 11) is 0. The van der Waals surface area contributed by atoms with Gasteiger partial charge in [0.05, 0.1) is 11.5 Å². The van der Waals surface area contributed by atoms with Crippen LogP contribution in [-0.4, -0.2) is 69.6 Å². The van der Waals surface area contributed by atoms with Crippen molar-refractivity contribution in [2.24, 2.45) is 5.92 Å². The Kier molecular flexibility index (Phi) is 8.46. The van der Waals surface area contributed by atoms with Crippen LogP contribution in [0, 0.1) is 16.0 Å². The first-order valence-corrected chi connectivity index (χ1v) is 11.9. The highest BCUT2D eigenvalue weighted by molar-refractivity contribution is 5.80. The zero-order valence-electron chi connectivity index (χ0n) is 20.1. The van der Waals surface area contributed by atoms with Gasteiger partial charge in [0.1, 0.15) is 11.8 Å². The maximum atomic E-state index is 12.2. The monoisotopic (exact) mass is 477 g/mol. The van der Waals surface area contributed by atoms with Crippen LogP contribution in [-0.2, 0) is 9.53 Å². The number of nitrogens with one attached hydrogen (secondary N) is 3. The Labute approximate surface area is 199 Å². The summed E-state index contributed by atoms with van der Waals surface area (Å²) in [4.78, 5) is 45.1. The third-order valence-electron chi connectivity index (χ3n) is 5.95. The molecule has 0 radical (unpaired) electrons. The molecule has 2 amide bonds. The third kappa shape index (κ3) is 7.70. The van der Waals surface area contributed by atoms with Crippen molar-refractivity contribution in [2.45, 2.75) is 70.9 Å². The first-order valence-electron chi connectivity index (χ1n) is 11.9. The number of nitrogens with zero attached hydrogens (tertiary/aromatic N) is 4. The zero-order valence-corrected chi connectivity index (χ0v) is 20.1. The summed E-state index contributed by atoms with van der Waals surface area (Å²) in [6, 6.07) is 0.0587. The van der Waals surface area contributed by atoms with Crippen molar-refractivity contribution in [3.8, 4) is 0 Å². The minimum absolute atomic E-state index is 0.0364. The van der Waals surface area contributed by atoms with Crippen LogP contribution in [0.5, 0.6) is 0 Å². The fraction of sp³-hybridized carbons (Fsp3) is 0.727. The number of alkyl carbamates (subject to hydrolysis) is 1. The van der Waals surface area contributed by atoms with Gasteiger partial charge in [-0.15, -0.1) is 0 Å². The van der Waals surface area contributed by atoms with Crippen molar-refractivity contribution in [3.05, 3.63) is 16.3 Å². The van der Waals surface area contributed by atoms with E-state index < -0.39 is 16.6 Å². The number of aromatic nitrogens is 2. The zero-order chi connectivity index (χ0) is 24.7. The molecular weight excluding hydrogens is 442 g/mol. The summed E-state index contributed by atoms with van der Waals surface area (Å²) in [6.45, 7) is 7.55. The Morgan fingerprint density at radius 2 is 1.85 bits per heavy atom. The van der Waals surface area contributed by atoms with Crippen LogP contribution in [0.15, 0.2) is 6.20 Å². The number of nitro groups is 1. The van der Waals surface area contributed by atoms with E-state index in [1.54, 1.807) is 4.90 Å². The quantitative estimate of drug-likeness (QED) is 0.379. The highest BCUT2D eigenvalue weighted by atomic mass is 16.6. The molecule has 1 saturated carbocycles. The fourth-order valence-corrected chi connectivity index (χ4v) is 4.18. The molecule has 0 atom stereocenters. The van der Waals surface area contributed by atoms with Gasteiger partial charge in [0.25, 0.3) is 0 Å². The van der Waals surface area contributed by atoms with E-state index in [1.807, 2.05) is 20.8 Å². The van der Waals surface area contributed by atoms with Crippen LogP contribution in [0.2, 0.25) is 0 Å². The maximum Gasteiger partial charge on any atom is 0.407 e. The van der Waals surface area contributed by atoms with Gasteiger partial charge in [-0.2, -0.15) is 4.98 Å². The topological polar surface area (TPSA) is 152 Å². The van der Waals surface area contributed by atoms with E-state index in [1.165, 1.54) is 0 Å². The molecule has 188 valence electrons. The number of likely N-dealkylation sites (tertiary alicyclic amines) is 1. The summed E-state index contributed by atoms with van der Waals surface area (Å²) in [5.74, 6) is 0.557. The Hall–Kier alpha value is -3.18. The van der Waals surface area contributed by atoms with Crippen molar-refractivity contribution in [1.29, 1.82) is 0 Å². The molecule has 34 heavy (non-hydrogen) atoms. The molecular formula is C22H35N7O5. The van der Waals surface area contributed by atoms with Crippen LogP contribution < -0.4 is 16.0 Å². The van der Waals surface area contributed by atoms with Gasteiger partial charge in [-0.05, 0) is 65.2 Å². The van der Waals surface area contributed by atoms with Crippen LogP contribution in [0.3, 0.4) is 0 Å². The van der Waals surface area contributed by atoms with E-state index >= 15 is 0 Å². The highest BCUT2D eigenvalue weighted by Crippen LogP contribution is 2.27. The van der Waals surface area contributed by atoms with E-state index in [-0.39, 0.29) is 35.9 Å². The van der Waals surface area contributed by atoms with E-state index in [4.69, 9.17) is 4.74 Å². The van der Waals surface area contributed by atoms with Crippen molar-refractivity contribution in [2.75, 3.05) is 36.8 Å². The molecule has 0 bridgehead atoms. The number of rotatable bonds is 8. The molecule has 1 aliphatic heterocycles. The molecule has 1 saturated heterocycles. The maximum absolute atomic E-state index is 12.2. The molecule has 3 N–H and O–H groups in total. The molecule has 12 nitrogen and oxygen atoms in total. The molecule has 12 heteroatoms. The van der Waals surface area contributed by atoms with Crippen LogP contribution in [0.1, 0.15) is 59.3 Å². The normalized spacial score (nSPS) is 20.5. The minimum Gasteiger partial charge on any atom is -0.444 e. The largest absolute Gasteiger partial charge is 0.444 e. The molecule has 1 aromatic heterocycles. The van der Waals surface area contributed by atoms with Gasteiger partial charge in [-0.3, -0.25) is 14.9 Å². The minimum atomic E-state index is -0.535. The summed E-state index contributed by atoms with van der Waals surface area (Å²) >= 11 is 0. The SMILES string of the molecule is CC(C)(C)OC(=O)NC1CCC(CNc2nc(NCC(=O)N3CCCC3)ncc2[N+](=O)[O-])CC1. The van der Waals surface area contributed by atoms with E-state index in [0.29, 0.717) is 12.5 Å². The standard InChI is InChI=1S/C22H35N7O5/c1-22(2,3)34-21(31)26-16-8-6-15(7-9-16)12-23-19-17(29(32)33)13-24-20(27-19)25-14-18(30)28-10-4-5-11-28/h13,15-16H,4-12,14H2,1-3H3,(H,26,31)(H2,23,24,25,27). The number of amides is 2. The molecule has 2 heterocycles. The van der Waals surface area contributed by atoms with Gasteiger partial charge in [0.2, 0.25) is 17.7 Å². The summed E-state index contributed by atoms with van der Waals surface area (Å²) in [5, 5.41) is 20.3. The third-order valence-corrected chi connectivity index (χ3v) is 5.95. The van der Waals surface area contributed by atoms with Crippen LogP contribution >= 0.6 is 0 Å². The molecule has 2 aliphatic rings. The fourth-order valence-electron chi connectivity index (χ4n) is 4.18. The number of ether oxygens (including phenoxy) is 1. The average Bonchev–Trinajstić information content (AvgIpc) is 3.30. The molecule has 2 fully saturated rings. The van der Waals surface area contributed by atoms with Gasteiger partial charge in [0.15, 0.2) is 0 Å².